The summed E-state index contributed by atoms with van der Waals surface area (Å²) in [6.45, 7) is 5.70. The van der Waals surface area contributed by atoms with Gasteiger partial charge in [-0.25, -0.2) is 0 Å². The highest BCUT2D eigenvalue weighted by Gasteiger charge is 2.24. The van der Waals surface area contributed by atoms with E-state index in [-0.39, 0.29) is 29.5 Å². The number of hydrogen-bond donors (Lipinski definition) is 4. The molecule has 0 unspecified atom stereocenters. The molecule has 1 heterocycles. The number of allylic oxidation sites excluding steroid dienone is 2. The van der Waals surface area contributed by atoms with E-state index in [2.05, 4.69) is 52.4 Å². The van der Waals surface area contributed by atoms with Crippen LogP contribution < -0.4 is 16.0 Å². The molecule has 2 aromatic rings. The standard InChI is InChI=1S/C30H38N4O2/c1-3-22-19-28(33-20-23(22)4-2)30(36)32-18-12-11-17-27(31)29(35)34-21-26(24-13-7-5-8-14-24)25-15-9-6-10-16-25/h3-10,13-16,26,28,31,33H,11-12,17-21H2,1-2H3,(H,32,36)(H,34,35)/b22-3-,23-4-,31-27?/t28-/m0/s1. The predicted molar refractivity (Wildman–Crippen MR) is 146 cm³/mol. The van der Waals surface area contributed by atoms with E-state index < -0.39 is 0 Å². The molecule has 0 aromatic heterocycles. The van der Waals surface area contributed by atoms with E-state index in [9.17, 15) is 9.59 Å². The van der Waals surface area contributed by atoms with Crippen LogP contribution in [0.3, 0.4) is 0 Å². The lowest BCUT2D eigenvalue weighted by Crippen LogP contribution is -2.48. The van der Waals surface area contributed by atoms with Crippen LogP contribution in [0, 0.1) is 5.41 Å². The summed E-state index contributed by atoms with van der Waals surface area (Å²) in [4.78, 5) is 25.1. The minimum atomic E-state index is -0.332. The average molecular weight is 487 g/mol. The molecule has 0 aliphatic carbocycles. The van der Waals surface area contributed by atoms with Crippen LogP contribution >= 0.6 is 0 Å². The fraction of sp³-hybridized carbons (Fsp3) is 0.367. The number of rotatable bonds is 11. The first kappa shape index (κ1) is 27.1. The Labute approximate surface area is 214 Å². The molecule has 0 radical (unpaired) electrons. The van der Waals surface area contributed by atoms with Crippen molar-refractivity contribution in [2.24, 2.45) is 0 Å². The van der Waals surface area contributed by atoms with Gasteiger partial charge in [-0.05, 0) is 61.8 Å². The first-order valence-electron chi connectivity index (χ1n) is 12.8. The minimum absolute atomic E-state index is 0.00480. The lowest BCUT2D eigenvalue weighted by molar-refractivity contribution is -0.123. The van der Waals surface area contributed by atoms with E-state index >= 15 is 0 Å². The molecule has 1 atom stereocenters. The number of hydrogen-bond acceptors (Lipinski definition) is 4. The van der Waals surface area contributed by atoms with E-state index in [1.807, 2.05) is 50.2 Å². The van der Waals surface area contributed by atoms with Gasteiger partial charge in [0.05, 0.1) is 11.8 Å². The van der Waals surface area contributed by atoms with E-state index in [0.29, 0.717) is 38.9 Å². The van der Waals surface area contributed by atoms with Crippen LogP contribution in [0.25, 0.3) is 0 Å². The topological polar surface area (TPSA) is 94.1 Å². The Morgan fingerprint density at radius 2 is 1.56 bits per heavy atom. The third-order valence-electron chi connectivity index (χ3n) is 6.69. The molecule has 1 aliphatic heterocycles. The molecular formula is C30H38N4O2. The Balaban J connectivity index is 1.39. The molecule has 0 saturated carbocycles. The van der Waals surface area contributed by atoms with Crippen molar-refractivity contribution in [1.29, 1.82) is 5.41 Å². The van der Waals surface area contributed by atoms with Crippen LogP contribution in [0.15, 0.2) is 84.0 Å². The molecule has 6 nitrogen and oxygen atoms in total. The Bertz CT molecular complexity index is 1040. The number of carbonyl (C=O) groups excluding carboxylic acids is 2. The van der Waals surface area contributed by atoms with E-state index in [4.69, 9.17) is 5.41 Å². The van der Waals surface area contributed by atoms with E-state index in [0.717, 1.165) is 17.5 Å². The van der Waals surface area contributed by atoms with Gasteiger partial charge < -0.3 is 16.0 Å². The number of benzene rings is 2. The second-order valence-corrected chi connectivity index (χ2v) is 9.08. The Kier molecular flexibility index (Phi) is 10.6. The summed E-state index contributed by atoms with van der Waals surface area (Å²) in [6, 6.07) is 20.0. The van der Waals surface area contributed by atoms with E-state index in [1.54, 1.807) is 0 Å². The zero-order valence-electron chi connectivity index (χ0n) is 21.3. The van der Waals surface area contributed by atoms with Gasteiger partial charge in [-0.2, -0.15) is 0 Å². The Morgan fingerprint density at radius 3 is 2.14 bits per heavy atom. The quantitative estimate of drug-likeness (QED) is 0.278. The summed E-state index contributed by atoms with van der Waals surface area (Å²) in [5, 5.41) is 17.4. The van der Waals surface area contributed by atoms with Crippen LogP contribution in [0.2, 0.25) is 0 Å². The summed E-state index contributed by atoms with van der Waals surface area (Å²) >= 11 is 0. The number of unbranched alkanes of at least 4 members (excludes halogenated alkanes) is 1. The van der Waals surface area contributed by atoms with Gasteiger partial charge in [0.1, 0.15) is 0 Å². The maximum absolute atomic E-state index is 12.6. The summed E-state index contributed by atoms with van der Waals surface area (Å²) in [5.41, 5.74) is 4.80. The van der Waals surface area contributed by atoms with Crippen LogP contribution in [0.5, 0.6) is 0 Å². The fourth-order valence-corrected chi connectivity index (χ4v) is 4.52. The number of amides is 2. The SMILES string of the molecule is C/C=C1/C[C@@H](C(=O)NCCCCC(=N)C(=O)NCC(c2ccccc2)c2ccccc2)NC/C1=C/C. The molecule has 2 aromatic carbocycles. The molecule has 3 rings (SSSR count). The van der Waals surface area contributed by atoms with Gasteiger partial charge in [0.15, 0.2) is 0 Å². The smallest absolute Gasteiger partial charge is 0.264 e. The average Bonchev–Trinajstić information content (AvgIpc) is 2.93. The molecular weight excluding hydrogens is 448 g/mol. The van der Waals surface area contributed by atoms with Crippen molar-refractivity contribution in [2.45, 2.75) is 51.5 Å². The zero-order chi connectivity index (χ0) is 25.8. The molecule has 6 heteroatoms. The summed E-state index contributed by atoms with van der Waals surface area (Å²) < 4.78 is 0. The number of nitrogens with one attached hydrogen (secondary N) is 4. The molecule has 4 N–H and O–H groups in total. The van der Waals surface area contributed by atoms with Crippen molar-refractivity contribution in [1.82, 2.24) is 16.0 Å². The molecule has 2 amide bonds. The normalized spacial score (nSPS) is 17.8. The van der Waals surface area contributed by atoms with Crippen LogP contribution in [0.4, 0.5) is 0 Å². The van der Waals surface area contributed by atoms with Gasteiger partial charge in [-0.15, -0.1) is 0 Å². The van der Waals surface area contributed by atoms with Gasteiger partial charge in [0.2, 0.25) is 5.91 Å². The highest BCUT2D eigenvalue weighted by Crippen LogP contribution is 2.24. The summed E-state index contributed by atoms with van der Waals surface area (Å²) in [6.07, 6.45) is 6.65. The third kappa shape index (κ3) is 7.75. The largest absolute Gasteiger partial charge is 0.355 e. The first-order chi connectivity index (χ1) is 17.5. The van der Waals surface area contributed by atoms with E-state index in [1.165, 1.54) is 11.1 Å². The van der Waals surface area contributed by atoms with Crippen molar-refractivity contribution >= 4 is 17.5 Å². The molecule has 1 fully saturated rings. The molecule has 36 heavy (non-hydrogen) atoms. The van der Waals surface area contributed by atoms with Crippen LogP contribution in [0.1, 0.15) is 56.6 Å². The molecule has 190 valence electrons. The van der Waals surface area contributed by atoms with Crippen molar-refractivity contribution in [2.75, 3.05) is 19.6 Å². The Hall–Kier alpha value is -3.51. The van der Waals surface area contributed by atoms with Gasteiger partial charge >= 0.3 is 0 Å². The lowest BCUT2D eigenvalue weighted by atomic mass is 9.91. The maximum Gasteiger partial charge on any atom is 0.264 e. The van der Waals surface area contributed by atoms with Gasteiger partial charge in [-0.1, -0.05) is 72.8 Å². The second-order valence-electron chi connectivity index (χ2n) is 9.08. The van der Waals surface area contributed by atoms with Gasteiger partial charge in [-0.3, -0.25) is 15.0 Å². The Morgan fingerprint density at radius 1 is 0.944 bits per heavy atom. The fourth-order valence-electron chi connectivity index (χ4n) is 4.52. The molecule has 0 bridgehead atoms. The molecule has 1 aliphatic rings. The first-order valence-corrected chi connectivity index (χ1v) is 12.8. The van der Waals surface area contributed by atoms with Crippen molar-refractivity contribution in [3.8, 4) is 0 Å². The monoisotopic (exact) mass is 486 g/mol. The van der Waals surface area contributed by atoms with Crippen molar-refractivity contribution in [3.05, 3.63) is 95.1 Å². The summed E-state index contributed by atoms with van der Waals surface area (Å²) in [7, 11) is 0. The number of piperidine rings is 1. The highest BCUT2D eigenvalue weighted by atomic mass is 16.2. The molecule has 0 spiro atoms. The van der Waals surface area contributed by atoms with Crippen LogP contribution in [-0.4, -0.2) is 43.2 Å². The summed E-state index contributed by atoms with van der Waals surface area (Å²) in [5.74, 6) is -0.300. The molecule has 1 saturated heterocycles. The zero-order valence-corrected chi connectivity index (χ0v) is 21.3. The van der Waals surface area contributed by atoms with Gasteiger partial charge in [0.25, 0.3) is 5.91 Å². The second kappa shape index (κ2) is 14.1. The highest BCUT2D eigenvalue weighted by molar-refractivity contribution is 6.37. The van der Waals surface area contributed by atoms with Crippen molar-refractivity contribution in [3.63, 3.8) is 0 Å². The minimum Gasteiger partial charge on any atom is -0.355 e. The number of carbonyl (C=O) groups is 2. The van der Waals surface area contributed by atoms with Crippen LogP contribution in [-0.2, 0) is 9.59 Å². The van der Waals surface area contributed by atoms with Gasteiger partial charge in [0, 0.05) is 25.6 Å². The lowest BCUT2D eigenvalue weighted by Gasteiger charge is -2.27. The predicted octanol–water partition coefficient (Wildman–Crippen LogP) is 4.50. The maximum atomic E-state index is 12.6. The third-order valence-corrected chi connectivity index (χ3v) is 6.69. The van der Waals surface area contributed by atoms with Crippen molar-refractivity contribution < 1.29 is 9.59 Å².